The van der Waals surface area contributed by atoms with Crippen molar-refractivity contribution in [3.8, 4) is 0 Å². The van der Waals surface area contributed by atoms with Crippen molar-refractivity contribution in [1.82, 2.24) is 10.3 Å². The molecule has 0 aliphatic heterocycles. The Hall–Kier alpha value is -3.70. The Morgan fingerprint density at radius 3 is 2.28 bits per heavy atom. The number of Topliss-reactive ketones (excluding diaryl/α,β-unsaturated/α-hetero) is 2. The summed E-state index contributed by atoms with van der Waals surface area (Å²) in [6.07, 6.45) is 0.526. The molecule has 1 unspecified atom stereocenters. The summed E-state index contributed by atoms with van der Waals surface area (Å²) in [5.74, 6) is -1.66. The first kappa shape index (κ1) is 26.9. The molecule has 6 heteroatoms. The maximum atomic E-state index is 14.1. The van der Waals surface area contributed by atoms with Crippen LogP contribution in [-0.4, -0.2) is 28.0 Å². The van der Waals surface area contributed by atoms with E-state index in [-0.39, 0.29) is 17.5 Å². The standard InChI is InChI=1S/C33H33ClN2O3/c1-19-11-16-24-25(18-32(3,4)36-20(2)37)29(35-26(24)17-19)27(21-9-7-6-8-10-21)28-30(38)33(5,31(28)39)22-12-14-23(34)15-13-22/h6-17,27-28,35H,18H2,1-5H3,(H,36,37). The molecule has 5 nitrogen and oxygen atoms in total. The van der Waals surface area contributed by atoms with Crippen molar-refractivity contribution in [3.63, 3.8) is 0 Å². The summed E-state index contributed by atoms with van der Waals surface area (Å²) in [5.41, 5.74) is 3.66. The smallest absolute Gasteiger partial charge is 0.217 e. The lowest BCUT2D eigenvalue weighted by Gasteiger charge is -2.45. The highest BCUT2D eigenvalue weighted by molar-refractivity contribution is 6.32. The summed E-state index contributed by atoms with van der Waals surface area (Å²) in [6.45, 7) is 9.23. The zero-order valence-electron chi connectivity index (χ0n) is 22.9. The van der Waals surface area contributed by atoms with E-state index in [2.05, 4.69) is 28.5 Å². The van der Waals surface area contributed by atoms with Gasteiger partial charge in [-0.1, -0.05) is 66.2 Å². The number of aromatic amines is 1. The summed E-state index contributed by atoms with van der Waals surface area (Å²) < 4.78 is 0. The first-order valence-electron chi connectivity index (χ1n) is 13.2. The lowest BCUT2D eigenvalue weighted by Crippen LogP contribution is -2.62. The predicted octanol–water partition coefficient (Wildman–Crippen LogP) is 6.44. The van der Waals surface area contributed by atoms with Crippen molar-refractivity contribution >= 4 is 40.0 Å². The van der Waals surface area contributed by atoms with Gasteiger partial charge in [-0.25, -0.2) is 0 Å². The molecule has 0 bridgehead atoms. The van der Waals surface area contributed by atoms with Gasteiger partial charge in [0.05, 0.1) is 5.92 Å². The second kappa shape index (κ2) is 9.80. The van der Waals surface area contributed by atoms with Gasteiger partial charge >= 0.3 is 0 Å². The molecular formula is C33H33ClN2O3. The number of fused-ring (bicyclic) bond motifs is 1. The van der Waals surface area contributed by atoms with Gasteiger partial charge < -0.3 is 10.3 Å². The molecule has 5 rings (SSSR count). The van der Waals surface area contributed by atoms with E-state index in [1.165, 1.54) is 6.92 Å². The molecule has 1 aromatic heterocycles. The average molecular weight is 541 g/mol. The van der Waals surface area contributed by atoms with Gasteiger partial charge in [-0.15, -0.1) is 0 Å². The number of halogens is 1. The number of aryl methyl sites for hydroxylation is 1. The fourth-order valence-electron chi connectivity index (χ4n) is 6.15. The third-order valence-corrected chi connectivity index (χ3v) is 8.25. The highest BCUT2D eigenvalue weighted by Gasteiger charge is 2.62. The highest BCUT2D eigenvalue weighted by Crippen LogP contribution is 2.50. The molecular weight excluding hydrogens is 508 g/mol. The molecule has 1 saturated carbocycles. The van der Waals surface area contributed by atoms with Gasteiger partial charge in [0.2, 0.25) is 5.91 Å². The lowest BCUT2D eigenvalue weighted by atomic mass is 9.53. The van der Waals surface area contributed by atoms with E-state index in [9.17, 15) is 14.4 Å². The van der Waals surface area contributed by atoms with Crippen LogP contribution in [0.4, 0.5) is 0 Å². The number of carbonyl (C=O) groups excluding carboxylic acids is 3. The minimum Gasteiger partial charge on any atom is -0.358 e. The summed E-state index contributed by atoms with van der Waals surface area (Å²) in [5, 5.41) is 4.63. The van der Waals surface area contributed by atoms with Crippen LogP contribution < -0.4 is 5.32 Å². The minimum atomic E-state index is -1.22. The van der Waals surface area contributed by atoms with E-state index < -0.39 is 22.8 Å². The molecule has 1 amide bonds. The molecule has 3 aromatic carbocycles. The zero-order valence-corrected chi connectivity index (χ0v) is 23.6. The SMILES string of the molecule is CC(=O)NC(C)(C)Cc1c(C(c2ccccc2)C2C(=O)C(C)(c3ccc(Cl)cc3)C2=O)[nH]c2cc(C)ccc12. The number of carbonyl (C=O) groups is 3. The Bertz CT molecular complexity index is 1570. The monoisotopic (exact) mass is 540 g/mol. The van der Waals surface area contributed by atoms with Gasteiger partial charge in [0.25, 0.3) is 0 Å². The quantitative estimate of drug-likeness (QED) is 0.265. The molecule has 1 heterocycles. The van der Waals surface area contributed by atoms with E-state index in [4.69, 9.17) is 11.6 Å². The van der Waals surface area contributed by atoms with Gasteiger partial charge in [0.1, 0.15) is 5.41 Å². The first-order chi connectivity index (χ1) is 18.4. The largest absolute Gasteiger partial charge is 0.358 e. The molecule has 0 radical (unpaired) electrons. The van der Waals surface area contributed by atoms with Gasteiger partial charge in [-0.2, -0.15) is 0 Å². The Balaban J connectivity index is 1.67. The Kier molecular flexibility index (Phi) is 6.76. The summed E-state index contributed by atoms with van der Waals surface area (Å²) in [4.78, 5) is 43.7. The van der Waals surface area contributed by atoms with Gasteiger partial charge in [0.15, 0.2) is 11.6 Å². The van der Waals surface area contributed by atoms with Crippen LogP contribution in [0.2, 0.25) is 5.02 Å². The van der Waals surface area contributed by atoms with E-state index in [0.717, 1.165) is 33.3 Å². The maximum absolute atomic E-state index is 14.1. The van der Waals surface area contributed by atoms with Crippen molar-refractivity contribution in [2.45, 2.75) is 57.9 Å². The fraction of sp³-hybridized carbons (Fsp3) is 0.303. The number of amides is 1. The van der Waals surface area contributed by atoms with Crippen LogP contribution in [0.25, 0.3) is 10.9 Å². The number of benzene rings is 3. The van der Waals surface area contributed by atoms with Crippen LogP contribution in [0.5, 0.6) is 0 Å². The van der Waals surface area contributed by atoms with Crippen molar-refractivity contribution in [2.75, 3.05) is 0 Å². The molecule has 1 aliphatic rings. The topological polar surface area (TPSA) is 79.0 Å². The maximum Gasteiger partial charge on any atom is 0.217 e. The van der Waals surface area contributed by atoms with E-state index in [1.54, 1.807) is 31.2 Å². The molecule has 200 valence electrons. The molecule has 2 N–H and O–H groups in total. The number of H-pyrrole nitrogens is 1. The molecule has 4 aromatic rings. The van der Waals surface area contributed by atoms with E-state index >= 15 is 0 Å². The van der Waals surface area contributed by atoms with E-state index in [1.807, 2.05) is 51.1 Å². The number of rotatable bonds is 7. The van der Waals surface area contributed by atoms with Crippen LogP contribution in [0, 0.1) is 12.8 Å². The molecule has 1 aliphatic carbocycles. The van der Waals surface area contributed by atoms with Gasteiger partial charge in [0, 0.05) is 40.0 Å². The third-order valence-electron chi connectivity index (χ3n) is 8.00. The van der Waals surface area contributed by atoms with Crippen LogP contribution in [0.3, 0.4) is 0 Å². The number of hydrogen-bond donors (Lipinski definition) is 2. The number of hydrogen-bond acceptors (Lipinski definition) is 3. The first-order valence-corrected chi connectivity index (χ1v) is 13.6. The second-order valence-corrected chi connectivity index (χ2v) is 12.0. The zero-order chi connectivity index (χ0) is 28.1. The highest BCUT2D eigenvalue weighted by atomic mass is 35.5. The lowest BCUT2D eigenvalue weighted by molar-refractivity contribution is -0.153. The van der Waals surface area contributed by atoms with Crippen molar-refractivity contribution < 1.29 is 14.4 Å². The van der Waals surface area contributed by atoms with Crippen LogP contribution in [0.15, 0.2) is 72.8 Å². The molecule has 0 spiro atoms. The van der Waals surface area contributed by atoms with Crippen molar-refractivity contribution in [1.29, 1.82) is 0 Å². The molecule has 1 atom stereocenters. The number of ketones is 2. The molecule has 1 fully saturated rings. The summed E-state index contributed by atoms with van der Waals surface area (Å²) in [7, 11) is 0. The fourth-order valence-corrected chi connectivity index (χ4v) is 6.28. The Morgan fingerprint density at radius 1 is 1.03 bits per heavy atom. The summed E-state index contributed by atoms with van der Waals surface area (Å²) >= 11 is 6.09. The van der Waals surface area contributed by atoms with Crippen molar-refractivity contribution in [3.05, 3.63) is 106 Å². The normalized spacial score (nSPS) is 20.1. The Labute approximate surface area is 234 Å². The van der Waals surface area contributed by atoms with E-state index in [0.29, 0.717) is 17.0 Å². The number of nitrogens with one attached hydrogen (secondary N) is 2. The van der Waals surface area contributed by atoms with Crippen molar-refractivity contribution in [2.24, 2.45) is 5.92 Å². The second-order valence-electron chi connectivity index (χ2n) is 11.5. The third kappa shape index (κ3) is 4.70. The average Bonchev–Trinajstić information content (AvgIpc) is 3.22. The number of aromatic nitrogens is 1. The van der Waals surface area contributed by atoms with Gasteiger partial charge in [-0.3, -0.25) is 14.4 Å². The molecule has 0 saturated heterocycles. The van der Waals surface area contributed by atoms with Crippen LogP contribution >= 0.6 is 11.6 Å². The predicted molar refractivity (Wildman–Crippen MR) is 155 cm³/mol. The van der Waals surface area contributed by atoms with Crippen LogP contribution in [0.1, 0.15) is 61.6 Å². The van der Waals surface area contributed by atoms with Gasteiger partial charge in [-0.05, 0) is 74.6 Å². The van der Waals surface area contributed by atoms with Crippen LogP contribution in [-0.2, 0) is 26.2 Å². The molecule has 39 heavy (non-hydrogen) atoms. The minimum absolute atomic E-state index is 0.106. The Morgan fingerprint density at radius 2 is 1.67 bits per heavy atom. The summed E-state index contributed by atoms with van der Waals surface area (Å²) in [6, 6.07) is 22.9.